The first-order valence-corrected chi connectivity index (χ1v) is 11.3. The average Bonchev–Trinajstić information content (AvgIpc) is 3.55. The van der Waals surface area contributed by atoms with Crippen molar-refractivity contribution in [2.24, 2.45) is 0 Å². The molecule has 1 aliphatic rings. The molecule has 1 unspecified atom stereocenters. The molecule has 0 radical (unpaired) electrons. The standard InChI is InChI=1S/C21H23F3N2O5S/c1-3-13(8-20(27)28)19-5-4-14(10-25-19)15-6-16(21(22,23)24)9-18(7-15)32(29,30)26(2)11-17-12-31-17/h4-7,9-10,13,17H,3,8,11-12H2,1-2H3,(H,27,28)/t13-,17?/m0/s1. The number of alkyl halides is 3. The fourth-order valence-corrected chi connectivity index (χ4v) is 4.58. The van der Waals surface area contributed by atoms with Crippen molar-refractivity contribution in [2.75, 3.05) is 20.2 Å². The number of halogens is 3. The Morgan fingerprint density at radius 1 is 1.28 bits per heavy atom. The van der Waals surface area contributed by atoms with Gasteiger partial charge in [0.05, 0.1) is 29.6 Å². The summed E-state index contributed by atoms with van der Waals surface area (Å²) in [5.74, 6) is -1.31. The summed E-state index contributed by atoms with van der Waals surface area (Å²) in [7, 11) is -2.89. The molecule has 1 aromatic heterocycles. The predicted octanol–water partition coefficient (Wildman–Crippen LogP) is 3.76. The van der Waals surface area contributed by atoms with Crippen LogP contribution in [0.1, 0.15) is 36.9 Å². The number of sulfonamides is 1. The molecule has 1 aromatic carbocycles. The molecule has 0 saturated carbocycles. The quantitative estimate of drug-likeness (QED) is 0.558. The van der Waals surface area contributed by atoms with Crippen LogP contribution in [-0.2, 0) is 25.7 Å². The van der Waals surface area contributed by atoms with Gasteiger partial charge in [-0.15, -0.1) is 0 Å². The maximum absolute atomic E-state index is 13.5. The topological polar surface area (TPSA) is 100 Å². The number of epoxide rings is 1. The van der Waals surface area contributed by atoms with Gasteiger partial charge in [-0.1, -0.05) is 13.0 Å². The summed E-state index contributed by atoms with van der Waals surface area (Å²) in [5.41, 5.74) is -0.261. The van der Waals surface area contributed by atoms with Gasteiger partial charge in [0.1, 0.15) is 0 Å². The van der Waals surface area contributed by atoms with E-state index < -0.39 is 32.6 Å². The fraction of sp³-hybridized carbons (Fsp3) is 0.429. The minimum atomic E-state index is -4.75. The Morgan fingerprint density at radius 2 is 1.97 bits per heavy atom. The molecule has 0 aliphatic carbocycles. The van der Waals surface area contributed by atoms with Crippen molar-refractivity contribution in [3.63, 3.8) is 0 Å². The number of rotatable bonds is 9. The van der Waals surface area contributed by atoms with Gasteiger partial charge in [0.15, 0.2) is 0 Å². The number of carboxylic acids is 1. The number of carboxylic acid groups (broad SMARTS) is 1. The number of hydrogen-bond acceptors (Lipinski definition) is 5. The van der Waals surface area contributed by atoms with E-state index in [0.717, 1.165) is 10.4 Å². The zero-order valence-corrected chi connectivity index (χ0v) is 18.3. The number of benzene rings is 1. The molecule has 1 N–H and O–H groups in total. The summed E-state index contributed by atoms with van der Waals surface area (Å²) in [4.78, 5) is 14.8. The summed E-state index contributed by atoms with van der Waals surface area (Å²) in [5, 5.41) is 9.02. The molecule has 1 fully saturated rings. The van der Waals surface area contributed by atoms with E-state index in [0.29, 0.717) is 24.8 Å². The lowest BCUT2D eigenvalue weighted by Gasteiger charge is -2.19. The fourth-order valence-electron chi connectivity index (χ4n) is 3.30. The van der Waals surface area contributed by atoms with Crippen LogP contribution in [0, 0.1) is 0 Å². The van der Waals surface area contributed by atoms with Crippen molar-refractivity contribution in [1.82, 2.24) is 9.29 Å². The van der Waals surface area contributed by atoms with Crippen molar-refractivity contribution in [1.29, 1.82) is 0 Å². The van der Waals surface area contributed by atoms with Crippen LogP contribution in [0.5, 0.6) is 0 Å². The lowest BCUT2D eigenvalue weighted by molar-refractivity contribution is -0.138. The molecule has 2 aromatic rings. The SMILES string of the molecule is CC[C@@H](CC(=O)O)c1ccc(-c2cc(C(F)(F)F)cc(S(=O)(=O)N(C)CC3CO3)c2)cn1. The summed E-state index contributed by atoms with van der Waals surface area (Å²) < 4.78 is 72.3. The zero-order valence-electron chi connectivity index (χ0n) is 17.5. The number of nitrogens with zero attached hydrogens (tertiary/aromatic N) is 2. The normalized spacial score (nSPS) is 17.4. The molecule has 174 valence electrons. The van der Waals surface area contributed by atoms with Crippen LogP contribution >= 0.6 is 0 Å². The van der Waals surface area contributed by atoms with Gasteiger partial charge in [0.2, 0.25) is 10.0 Å². The lowest BCUT2D eigenvalue weighted by Crippen LogP contribution is -2.30. The number of hydrogen-bond donors (Lipinski definition) is 1. The first kappa shape index (κ1) is 24.1. The van der Waals surface area contributed by atoms with Crippen LogP contribution < -0.4 is 0 Å². The Labute approximate surface area is 183 Å². The Balaban J connectivity index is 2.00. The monoisotopic (exact) mass is 472 g/mol. The van der Waals surface area contributed by atoms with Crippen LogP contribution in [0.15, 0.2) is 41.4 Å². The molecule has 1 aliphatic heterocycles. The van der Waals surface area contributed by atoms with Crippen molar-refractivity contribution in [3.05, 3.63) is 47.8 Å². The third-order valence-electron chi connectivity index (χ3n) is 5.26. The molecule has 32 heavy (non-hydrogen) atoms. The first-order chi connectivity index (χ1) is 14.9. The smallest absolute Gasteiger partial charge is 0.416 e. The first-order valence-electron chi connectivity index (χ1n) is 9.90. The lowest BCUT2D eigenvalue weighted by atomic mass is 9.96. The molecule has 11 heteroatoms. The van der Waals surface area contributed by atoms with Gasteiger partial charge in [-0.2, -0.15) is 17.5 Å². The minimum absolute atomic E-state index is 0.0415. The number of carbonyl (C=O) groups is 1. The molecule has 7 nitrogen and oxygen atoms in total. The second-order valence-electron chi connectivity index (χ2n) is 7.66. The molecule has 3 rings (SSSR count). The van der Waals surface area contributed by atoms with E-state index in [9.17, 15) is 26.4 Å². The minimum Gasteiger partial charge on any atom is -0.481 e. The molecular formula is C21H23F3N2O5S. The maximum atomic E-state index is 13.5. The molecule has 2 heterocycles. The highest BCUT2D eigenvalue weighted by Crippen LogP contribution is 2.35. The van der Waals surface area contributed by atoms with Gasteiger partial charge in [-0.3, -0.25) is 9.78 Å². The van der Waals surface area contributed by atoms with Gasteiger partial charge < -0.3 is 9.84 Å². The van der Waals surface area contributed by atoms with Gasteiger partial charge in [-0.25, -0.2) is 8.42 Å². The van der Waals surface area contributed by atoms with Crippen LogP contribution in [-0.4, -0.2) is 55.1 Å². The Bertz CT molecular complexity index is 1080. The van der Waals surface area contributed by atoms with Gasteiger partial charge in [0, 0.05) is 37.0 Å². The second-order valence-corrected chi connectivity index (χ2v) is 9.70. The van der Waals surface area contributed by atoms with Crippen molar-refractivity contribution >= 4 is 16.0 Å². The van der Waals surface area contributed by atoms with E-state index in [-0.39, 0.29) is 36.1 Å². The number of ether oxygens (including phenoxy) is 1. The van der Waals surface area contributed by atoms with Crippen molar-refractivity contribution < 1.29 is 36.2 Å². The number of pyridine rings is 1. The van der Waals surface area contributed by atoms with Crippen molar-refractivity contribution in [3.8, 4) is 11.1 Å². The van der Waals surface area contributed by atoms with Crippen molar-refractivity contribution in [2.45, 2.75) is 42.9 Å². The van der Waals surface area contributed by atoms with Crippen LogP contribution in [0.4, 0.5) is 13.2 Å². The number of aromatic nitrogens is 1. The third kappa shape index (κ3) is 5.64. The highest BCUT2D eigenvalue weighted by molar-refractivity contribution is 7.89. The summed E-state index contributed by atoms with van der Waals surface area (Å²) in [6.45, 7) is 2.27. The highest BCUT2D eigenvalue weighted by atomic mass is 32.2. The predicted molar refractivity (Wildman–Crippen MR) is 110 cm³/mol. The van der Waals surface area contributed by atoms with E-state index in [2.05, 4.69) is 4.98 Å². The van der Waals surface area contributed by atoms with E-state index >= 15 is 0 Å². The molecule has 2 atom stereocenters. The molecule has 0 bridgehead atoms. The average molecular weight is 472 g/mol. The van der Waals surface area contributed by atoms with Gasteiger partial charge >= 0.3 is 12.1 Å². The number of aliphatic carboxylic acids is 1. The summed E-state index contributed by atoms with van der Waals surface area (Å²) >= 11 is 0. The zero-order chi connectivity index (χ0) is 23.7. The molecule has 0 amide bonds. The van der Waals surface area contributed by atoms with E-state index in [4.69, 9.17) is 9.84 Å². The molecule has 1 saturated heterocycles. The van der Waals surface area contributed by atoms with Crippen LogP contribution in [0.2, 0.25) is 0 Å². The summed E-state index contributed by atoms with van der Waals surface area (Å²) in [6.07, 6.45) is -3.27. The summed E-state index contributed by atoms with van der Waals surface area (Å²) in [6, 6.07) is 5.73. The Kier molecular flexibility index (Phi) is 6.91. The third-order valence-corrected chi connectivity index (χ3v) is 7.06. The van der Waals surface area contributed by atoms with Gasteiger partial charge in [-0.05, 0) is 36.2 Å². The Morgan fingerprint density at radius 3 is 2.47 bits per heavy atom. The highest BCUT2D eigenvalue weighted by Gasteiger charge is 2.35. The Hall–Kier alpha value is -2.50. The second kappa shape index (κ2) is 9.16. The van der Waals surface area contributed by atoms with Crippen LogP contribution in [0.25, 0.3) is 11.1 Å². The van der Waals surface area contributed by atoms with E-state index in [1.165, 1.54) is 25.4 Å². The number of likely N-dealkylation sites (N-methyl/N-ethyl adjacent to an activating group) is 1. The maximum Gasteiger partial charge on any atom is 0.416 e. The van der Waals surface area contributed by atoms with E-state index in [1.54, 1.807) is 6.07 Å². The van der Waals surface area contributed by atoms with Gasteiger partial charge in [0.25, 0.3) is 0 Å². The largest absolute Gasteiger partial charge is 0.481 e. The van der Waals surface area contributed by atoms with E-state index in [1.807, 2.05) is 6.92 Å². The molecular weight excluding hydrogens is 449 g/mol. The molecule has 0 spiro atoms. The van der Waals surface area contributed by atoms with Crippen LogP contribution in [0.3, 0.4) is 0 Å².